The van der Waals surface area contributed by atoms with Crippen LogP contribution in [0.25, 0.3) is 22.3 Å². The van der Waals surface area contributed by atoms with E-state index in [9.17, 15) is 9.90 Å². The third-order valence-corrected chi connectivity index (χ3v) is 4.05. The molecular formula is C21H20O3. The molecule has 3 nitrogen and oxygen atoms in total. The first-order valence-electron chi connectivity index (χ1n) is 7.96. The van der Waals surface area contributed by atoms with Crippen LogP contribution in [-0.2, 0) is 6.42 Å². The van der Waals surface area contributed by atoms with Gasteiger partial charge in [-0.2, -0.15) is 0 Å². The molecule has 0 saturated carbocycles. The van der Waals surface area contributed by atoms with Gasteiger partial charge in [0.25, 0.3) is 0 Å². The van der Waals surface area contributed by atoms with Crippen molar-refractivity contribution in [3.63, 3.8) is 0 Å². The monoisotopic (exact) mass is 320 g/mol. The van der Waals surface area contributed by atoms with E-state index in [-0.39, 0.29) is 16.6 Å². The maximum Gasteiger partial charge on any atom is 0.200 e. The predicted molar refractivity (Wildman–Crippen MR) is 97.5 cm³/mol. The van der Waals surface area contributed by atoms with Gasteiger partial charge in [0.05, 0.1) is 0 Å². The number of aromatic hydroxyl groups is 1. The van der Waals surface area contributed by atoms with Gasteiger partial charge in [-0.3, -0.25) is 4.79 Å². The van der Waals surface area contributed by atoms with Crippen LogP contribution in [0.3, 0.4) is 0 Å². The molecule has 0 radical (unpaired) electrons. The molecule has 0 atom stereocenters. The highest BCUT2D eigenvalue weighted by molar-refractivity contribution is 5.86. The molecule has 0 aliphatic heterocycles. The van der Waals surface area contributed by atoms with Gasteiger partial charge in [0.1, 0.15) is 22.5 Å². The maximum absolute atomic E-state index is 13.0. The average Bonchev–Trinajstić information content (AvgIpc) is 2.53. The maximum atomic E-state index is 13.0. The molecule has 1 N–H and O–H groups in total. The lowest BCUT2D eigenvalue weighted by Crippen LogP contribution is -2.12. The number of hydrogen-bond donors (Lipinski definition) is 1. The summed E-state index contributed by atoms with van der Waals surface area (Å²) in [4.78, 5) is 13.0. The van der Waals surface area contributed by atoms with E-state index in [1.807, 2.05) is 44.2 Å². The molecule has 122 valence electrons. The van der Waals surface area contributed by atoms with Crippen molar-refractivity contribution in [2.45, 2.75) is 26.7 Å². The molecule has 0 spiro atoms. The van der Waals surface area contributed by atoms with Crippen LogP contribution in [0.15, 0.2) is 63.8 Å². The number of fused-ring (bicyclic) bond motifs is 1. The van der Waals surface area contributed by atoms with Gasteiger partial charge in [0.15, 0.2) is 5.43 Å². The Kier molecular flexibility index (Phi) is 4.26. The molecule has 0 fully saturated rings. The minimum absolute atomic E-state index is 0.0325. The van der Waals surface area contributed by atoms with E-state index in [0.29, 0.717) is 29.7 Å². The Morgan fingerprint density at radius 2 is 1.92 bits per heavy atom. The van der Waals surface area contributed by atoms with Gasteiger partial charge in [-0.25, -0.2) is 0 Å². The molecule has 0 aliphatic rings. The first-order valence-corrected chi connectivity index (χ1v) is 7.96. The highest BCUT2D eigenvalue weighted by Gasteiger charge is 2.18. The van der Waals surface area contributed by atoms with Crippen LogP contribution in [0, 0.1) is 6.92 Å². The molecule has 0 aliphatic carbocycles. The molecule has 24 heavy (non-hydrogen) atoms. The molecule has 3 aromatic rings. The van der Waals surface area contributed by atoms with Gasteiger partial charge >= 0.3 is 0 Å². The zero-order valence-corrected chi connectivity index (χ0v) is 13.9. The number of rotatable bonds is 4. The lowest BCUT2D eigenvalue weighted by molar-refractivity contribution is 0.479. The van der Waals surface area contributed by atoms with Crippen LogP contribution in [-0.4, -0.2) is 5.11 Å². The second-order valence-corrected chi connectivity index (χ2v) is 6.22. The smallest absolute Gasteiger partial charge is 0.200 e. The van der Waals surface area contributed by atoms with Crippen molar-refractivity contribution < 1.29 is 9.52 Å². The van der Waals surface area contributed by atoms with Crippen molar-refractivity contribution in [3.05, 3.63) is 76.0 Å². The molecule has 3 rings (SSSR count). The zero-order chi connectivity index (χ0) is 17.3. The fraction of sp³-hybridized carbons (Fsp3) is 0.190. The largest absolute Gasteiger partial charge is 0.507 e. The van der Waals surface area contributed by atoms with E-state index in [1.165, 1.54) is 0 Å². The van der Waals surface area contributed by atoms with E-state index in [1.54, 1.807) is 12.1 Å². The minimum atomic E-state index is -0.172. The van der Waals surface area contributed by atoms with Crippen molar-refractivity contribution >= 4 is 11.0 Å². The summed E-state index contributed by atoms with van der Waals surface area (Å²) in [6, 6.07) is 13.0. The molecule has 1 aromatic heterocycles. The second-order valence-electron chi connectivity index (χ2n) is 6.22. The summed E-state index contributed by atoms with van der Waals surface area (Å²) in [6.45, 7) is 7.71. The third kappa shape index (κ3) is 2.98. The average molecular weight is 320 g/mol. The van der Waals surface area contributed by atoms with E-state index in [0.717, 1.165) is 16.7 Å². The van der Waals surface area contributed by atoms with Gasteiger partial charge in [-0.15, -0.1) is 6.58 Å². The van der Waals surface area contributed by atoms with Crippen LogP contribution in [0.4, 0.5) is 0 Å². The summed E-state index contributed by atoms with van der Waals surface area (Å²) >= 11 is 0. The Morgan fingerprint density at radius 3 is 2.58 bits per heavy atom. The standard InChI is InChI=1S/C21H20O3/c1-13(2)9-10-16-20(23)19-17(22)11-14(3)12-18(19)24-21(16)15-7-5-4-6-8-15/h4-8,11-12,22H,1,9-10H2,2-3H3. The summed E-state index contributed by atoms with van der Waals surface area (Å²) in [5, 5.41) is 10.5. The van der Waals surface area contributed by atoms with Gasteiger partial charge in [-0.05, 0) is 44.4 Å². The first kappa shape index (κ1) is 16.1. The molecule has 0 unspecified atom stereocenters. The molecule has 0 saturated heterocycles. The van der Waals surface area contributed by atoms with Crippen molar-refractivity contribution in [1.29, 1.82) is 0 Å². The molecule has 1 heterocycles. The number of benzene rings is 2. The molecule has 2 aromatic carbocycles. The quantitative estimate of drug-likeness (QED) is 0.690. The zero-order valence-electron chi connectivity index (χ0n) is 13.9. The van der Waals surface area contributed by atoms with E-state index in [2.05, 4.69) is 6.58 Å². The van der Waals surface area contributed by atoms with Gasteiger partial charge in [-0.1, -0.05) is 35.9 Å². The number of phenols is 1. The second kappa shape index (κ2) is 6.36. The number of phenolic OH excluding ortho intramolecular Hbond substituents is 1. The van der Waals surface area contributed by atoms with Crippen LogP contribution in [0.5, 0.6) is 5.75 Å². The number of aryl methyl sites for hydroxylation is 1. The summed E-state index contributed by atoms with van der Waals surface area (Å²) in [6.07, 6.45) is 1.23. The van der Waals surface area contributed by atoms with Crippen LogP contribution < -0.4 is 5.43 Å². The van der Waals surface area contributed by atoms with Gasteiger partial charge in [0, 0.05) is 11.1 Å². The minimum Gasteiger partial charge on any atom is -0.507 e. The van der Waals surface area contributed by atoms with E-state index < -0.39 is 0 Å². The van der Waals surface area contributed by atoms with Crippen LogP contribution >= 0.6 is 0 Å². The molecule has 0 bridgehead atoms. The SMILES string of the molecule is C=C(C)CCc1c(-c2ccccc2)oc2cc(C)cc(O)c2c1=O. The summed E-state index contributed by atoms with van der Waals surface area (Å²) in [5.74, 6) is 0.536. The lowest BCUT2D eigenvalue weighted by atomic mass is 9.98. The van der Waals surface area contributed by atoms with Gasteiger partial charge in [0.2, 0.25) is 0 Å². The fourth-order valence-corrected chi connectivity index (χ4v) is 2.86. The Hall–Kier alpha value is -2.81. The van der Waals surface area contributed by atoms with E-state index in [4.69, 9.17) is 4.42 Å². The summed E-state index contributed by atoms with van der Waals surface area (Å²) in [7, 11) is 0. The highest BCUT2D eigenvalue weighted by Crippen LogP contribution is 2.31. The van der Waals surface area contributed by atoms with Crippen molar-refractivity contribution in [2.75, 3.05) is 0 Å². The fourth-order valence-electron chi connectivity index (χ4n) is 2.86. The van der Waals surface area contributed by atoms with Crippen molar-refractivity contribution in [2.24, 2.45) is 0 Å². The predicted octanol–water partition coefficient (Wildman–Crippen LogP) is 4.98. The van der Waals surface area contributed by atoms with E-state index >= 15 is 0 Å². The van der Waals surface area contributed by atoms with Crippen LogP contribution in [0.1, 0.15) is 24.5 Å². The number of hydrogen-bond acceptors (Lipinski definition) is 3. The molecule has 3 heteroatoms. The first-order chi connectivity index (χ1) is 11.5. The Bertz CT molecular complexity index is 966. The summed E-state index contributed by atoms with van der Waals surface area (Å²) in [5.41, 5.74) is 3.52. The Labute approximate surface area is 140 Å². The van der Waals surface area contributed by atoms with Crippen LogP contribution in [0.2, 0.25) is 0 Å². The lowest BCUT2D eigenvalue weighted by Gasteiger charge is -2.11. The third-order valence-electron chi connectivity index (χ3n) is 4.05. The van der Waals surface area contributed by atoms with Gasteiger partial charge < -0.3 is 9.52 Å². The Balaban J connectivity index is 2.33. The molecular weight excluding hydrogens is 300 g/mol. The van der Waals surface area contributed by atoms with Crippen molar-refractivity contribution in [3.8, 4) is 17.1 Å². The molecule has 0 amide bonds. The Morgan fingerprint density at radius 1 is 1.21 bits per heavy atom. The number of allylic oxidation sites excluding steroid dienone is 1. The van der Waals surface area contributed by atoms with Crippen molar-refractivity contribution in [1.82, 2.24) is 0 Å². The normalized spacial score (nSPS) is 10.9. The topological polar surface area (TPSA) is 50.4 Å². The summed E-state index contributed by atoms with van der Waals surface area (Å²) < 4.78 is 6.06. The highest BCUT2D eigenvalue weighted by atomic mass is 16.3.